The molecule has 6 nitrogen and oxygen atoms in total. The number of hydrogen-bond acceptors (Lipinski definition) is 6. The molecule has 0 aliphatic carbocycles. The Balaban J connectivity index is 2.46. The summed E-state index contributed by atoms with van der Waals surface area (Å²) < 4.78 is 20.8. The molecular weight excluding hydrogens is 348 g/mol. The average molecular weight is 376 g/mol. The molecule has 2 N–H and O–H groups in total. The van der Waals surface area contributed by atoms with Crippen molar-refractivity contribution < 1.29 is 29.2 Å². The Labute approximate surface area is 160 Å². The Hall–Kier alpha value is -2.12. The minimum absolute atomic E-state index is 0.185. The first kappa shape index (κ1) is 21.2. The van der Waals surface area contributed by atoms with E-state index in [0.717, 1.165) is 22.3 Å². The molecule has 0 aromatic heterocycles. The van der Waals surface area contributed by atoms with E-state index in [1.807, 2.05) is 24.3 Å². The molecule has 0 saturated heterocycles. The number of rotatable bonds is 10. The van der Waals surface area contributed by atoms with Crippen LogP contribution in [0.1, 0.15) is 33.4 Å². The van der Waals surface area contributed by atoms with Gasteiger partial charge in [-0.1, -0.05) is 24.3 Å². The van der Waals surface area contributed by atoms with Gasteiger partial charge in [0, 0.05) is 50.7 Å². The zero-order chi connectivity index (χ0) is 19.8. The fraction of sp³-hybridized carbons (Fsp3) is 0.429. The maximum Gasteiger partial charge on any atom is 0.126 e. The van der Waals surface area contributed by atoms with Crippen LogP contribution >= 0.6 is 0 Å². The molecule has 148 valence electrons. The normalized spacial score (nSPS) is 11.1. The lowest BCUT2D eigenvalue weighted by Crippen LogP contribution is -2.05. The lowest BCUT2D eigenvalue weighted by Gasteiger charge is -2.18. The molecule has 0 fully saturated rings. The maximum atomic E-state index is 10.6. The predicted molar refractivity (Wildman–Crippen MR) is 102 cm³/mol. The quantitative estimate of drug-likeness (QED) is 0.663. The second-order valence-corrected chi connectivity index (χ2v) is 6.33. The second kappa shape index (κ2) is 10.3. The van der Waals surface area contributed by atoms with E-state index in [-0.39, 0.29) is 24.7 Å². The standard InChI is InChI=1S/C21H28O6/c1-24-10-16-7-5-14(18(12-26-3)20(16)22)9-15-6-8-17(11-25-2)21(23)19(15)13-27-4/h5-8,22-23H,9-13H2,1-4H3. The molecule has 0 aliphatic rings. The summed E-state index contributed by atoms with van der Waals surface area (Å²) in [5, 5.41) is 21.2. The van der Waals surface area contributed by atoms with Crippen molar-refractivity contribution in [1.29, 1.82) is 0 Å². The number of ether oxygens (including phenoxy) is 4. The van der Waals surface area contributed by atoms with Gasteiger partial charge in [0.1, 0.15) is 11.5 Å². The average Bonchev–Trinajstić information content (AvgIpc) is 2.65. The summed E-state index contributed by atoms with van der Waals surface area (Å²) in [6.45, 7) is 1.21. The van der Waals surface area contributed by atoms with Crippen LogP contribution < -0.4 is 0 Å². The van der Waals surface area contributed by atoms with Gasteiger partial charge in [0.2, 0.25) is 0 Å². The number of methoxy groups -OCH3 is 4. The van der Waals surface area contributed by atoms with Crippen molar-refractivity contribution in [2.75, 3.05) is 28.4 Å². The van der Waals surface area contributed by atoms with Crippen LogP contribution in [-0.4, -0.2) is 38.7 Å². The highest BCUT2D eigenvalue weighted by Crippen LogP contribution is 2.33. The number of aromatic hydroxyl groups is 2. The summed E-state index contributed by atoms with van der Waals surface area (Å²) >= 11 is 0. The smallest absolute Gasteiger partial charge is 0.126 e. The van der Waals surface area contributed by atoms with Crippen LogP contribution in [0.25, 0.3) is 0 Å². The molecule has 2 rings (SSSR count). The van der Waals surface area contributed by atoms with Crippen molar-refractivity contribution in [1.82, 2.24) is 0 Å². The lowest BCUT2D eigenvalue weighted by molar-refractivity contribution is 0.173. The van der Waals surface area contributed by atoms with E-state index < -0.39 is 0 Å². The highest BCUT2D eigenvalue weighted by molar-refractivity contribution is 5.50. The first-order valence-corrected chi connectivity index (χ1v) is 8.68. The third kappa shape index (κ3) is 4.99. The molecule has 0 atom stereocenters. The molecule has 6 heteroatoms. The van der Waals surface area contributed by atoms with Gasteiger partial charge in [0.25, 0.3) is 0 Å². The van der Waals surface area contributed by atoms with Crippen molar-refractivity contribution in [3.05, 3.63) is 57.6 Å². The summed E-state index contributed by atoms with van der Waals surface area (Å²) in [6.07, 6.45) is 0.527. The zero-order valence-electron chi connectivity index (χ0n) is 16.4. The van der Waals surface area contributed by atoms with Gasteiger partial charge >= 0.3 is 0 Å². The van der Waals surface area contributed by atoms with E-state index in [2.05, 4.69) is 0 Å². The van der Waals surface area contributed by atoms with Crippen molar-refractivity contribution >= 4 is 0 Å². The largest absolute Gasteiger partial charge is 0.507 e. The van der Waals surface area contributed by atoms with Gasteiger partial charge in [-0.3, -0.25) is 0 Å². The SMILES string of the molecule is COCc1ccc(Cc2ccc(COC)c(O)c2COC)c(COC)c1O. The van der Waals surface area contributed by atoms with Gasteiger partial charge in [-0.2, -0.15) is 0 Å². The Bertz CT molecular complexity index is 693. The molecule has 2 aromatic rings. The molecule has 0 saturated carbocycles. The van der Waals surface area contributed by atoms with Crippen LogP contribution in [-0.2, 0) is 51.8 Å². The molecule has 2 aromatic carbocycles. The van der Waals surface area contributed by atoms with Crippen LogP contribution in [0.2, 0.25) is 0 Å². The number of benzene rings is 2. The summed E-state index contributed by atoms with van der Waals surface area (Å²) in [6, 6.07) is 7.61. The molecule has 0 aliphatic heterocycles. The van der Waals surface area contributed by atoms with Crippen molar-refractivity contribution in [2.45, 2.75) is 32.8 Å². The van der Waals surface area contributed by atoms with Gasteiger partial charge in [0.05, 0.1) is 26.4 Å². The fourth-order valence-corrected chi connectivity index (χ4v) is 3.14. The highest BCUT2D eigenvalue weighted by Gasteiger charge is 2.17. The Morgan fingerprint density at radius 2 is 0.889 bits per heavy atom. The number of phenols is 2. The molecule has 0 bridgehead atoms. The van der Waals surface area contributed by atoms with E-state index in [4.69, 9.17) is 18.9 Å². The van der Waals surface area contributed by atoms with E-state index in [1.165, 1.54) is 0 Å². The van der Waals surface area contributed by atoms with Crippen LogP contribution in [0.3, 0.4) is 0 Å². The number of hydrogen-bond donors (Lipinski definition) is 2. The monoisotopic (exact) mass is 376 g/mol. The summed E-state index contributed by atoms with van der Waals surface area (Å²) in [5.41, 5.74) is 4.70. The molecule has 0 spiro atoms. The zero-order valence-corrected chi connectivity index (χ0v) is 16.4. The number of phenolic OH excluding ortho intramolecular Hbond substituents is 2. The Kier molecular flexibility index (Phi) is 8.06. The van der Waals surface area contributed by atoms with Crippen LogP contribution in [0.15, 0.2) is 24.3 Å². The van der Waals surface area contributed by atoms with E-state index in [0.29, 0.717) is 30.8 Å². The molecular formula is C21H28O6. The van der Waals surface area contributed by atoms with E-state index in [9.17, 15) is 10.2 Å². The first-order chi connectivity index (χ1) is 13.1. The topological polar surface area (TPSA) is 77.4 Å². The Morgan fingerprint density at radius 3 is 1.22 bits per heavy atom. The van der Waals surface area contributed by atoms with Gasteiger partial charge in [-0.15, -0.1) is 0 Å². The van der Waals surface area contributed by atoms with Crippen molar-refractivity contribution in [2.24, 2.45) is 0 Å². The fourth-order valence-electron chi connectivity index (χ4n) is 3.14. The molecule has 0 amide bonds. The minimum Gasteiger partial charge on any atom is -0.507 e. The summed E-state index contributed by atoms with van der Waals surface area (Å²) in [7, 11) is 6.36. The van der Waals surface area contributed by atoms with Crippen molar-refractivity contribution in [3.63, 3.8) is 0 Å². The van der Waals surface area contributed by atoms with E-state index >= 15 is 0 Å². The highest BCUT2D eigenvalue weighted by atomic mass is 16.5. The maximum absolute atomic E-state index is 10.6. The van der Waals surface area contributed by atoms with E-state index in [1.54, 1.807) is 28.4 Å². The Morgan fingerprint density at radius 1 is 0.556 bits per heavy atom. The molecule has 27 heavy (non-hydrogen) atoms. The van der Waals surface area contributed by atoms with Crippen molar-refractivity contribution in [3.8, 4) is 11.5 Å². The van der Waals surface area contributed by atoms with Gasteiger partial charge in [0.15, 0.2) is 0 Å². The lowest BCUT2D eigenvalue weighted by atomic mass is 9.93. The van der Waals surface area contributed by atoms with Gasteiger partial charge in [-0.05, 0) is 17.5 Å². The van der Waals surface area contributed by atoms with Crippen LogP contribution in [0, 0.1) is 0 Å². The molecule has 0 unspecified atom stereocenters. The third-order valence-corrected chi connectivity index (χ3v) is 4.48. The minimum atomic E-state index is 0.185. The molecule has 0 radical (unpaired) electrons. The van der Waals surface area contributed by atoms with Crippen LogP contribution in [0.5, 0.6) is 11.5 Å². The second-order valence-electron chi connectivity index (χ2n) is 6.33. The van der Waals surface area contributed by atoms with Gasteiger partial charge < -0.3 is 29.2 Å². The van der Waals surface area contributed by atoms with Gasteiger partial charge in [-0.25, -0.2) is 0 Å². The predicted octanol–water partition coefficient (Wildman–Crippen LogP) is 3.27. The summed E-state index contributed by atoms with van der Waals surface area (Å²) in [5.74, 6) is 0.370. The summed E-state index contributed by atoms with van der Waals surface area (Å²) in [4.78, 5) is 0. The third-order valence-electron chi connectivity index (χ3n) is 4.48. The van der Waals surface area contributed by atoms with Crippen LogP contribution in [0.4, 0.5) is 0 Å². The first-order valence-electron chi connectivity index (χ1n) is 8.68. The molecule has 0 heterocycles.